The molecule has 3 nitrogen and oxygen atoms in total. The molecule has 0 aliphatic rings. The molecule has 1 heterocycles. The van der Waals surface area contributed by atoms with Crippen LogP contribution in [-0.4, -0.2) is 11.4 Å². The zero-order valence-electron chi connectivity index (χ0n) is 6.57. The molecule has 0 saturated heterocycles. The van der Waals surface area contributed by atoms with Crippen LogP contribution in [0.2, 0.25) is 0 Å². The molecule has 2 aromatic rings. The van der Waals surface area contributed by atoms with Gasteiger partial charge in [-0.1, -0.05) is 16.8 Å². The summed E-state index contributed by atoms with van der Waals surface area (Å²) in [5.74, 6) is 0.300. The van der Waals surface area contributed by atoms with Crippen LogP contribution in [0.15, 0.2) is 22.7 Å². The predicted octanol–water partition coefficient (Wildman–Crippen LogP) is 1.95. The SMILES string of the molecule is Cc1ccc2noc(C=O)c2c1. The van der Waals surface area contributed by atoms with Crippen LogP contribution >= 0.6 is 0 Å². The van der Waals surface area contributed by atoms with Crippen LogP contribution in [0.3, 0.4) is 0 Å². The Morgan fingerprint density at radius 2 is 2.33 bits per heavy atom. The quantitative estimate of drug-likeness (QED) is 0.600. The molecule has 0 atom stereocenters. The van der Waals surface area contributed by atoms with Crippen molar-refractivity contribution in [3.05, 3.63) is 29.5 Å². The van der Waals surface area contributed by atoms with Gasteiger partial charge in [0.1, 0.15) is 5.52 Å². The third-order valence-corrected chi connectivity index (χ3v) is 1.77. The zero-order chi connectivity index (χ0) is 8.55. The van der Waals surface area contributed by atoms with E-state index in [2.05, 4.69) is 5.16 Å². The van der Waals surface area contributed by atoms with Crippen molar-refractivity contribution < 1.29 is 9.32 Å². The van der Waals surface area contributed by atoms with Crippen LogP contribution in [0.5, 0.6) is 0 Å². The van der Waals surface area contributed by atoms with Gasteiger partial charge in [0, 0.05) is 0 Å². The first-order valence-electron chi connectivity index (χ1n) is 3.62. The van der Waals surface area contributed by atoms with E-state index in [0.717, 1.165) is 16.5 Å². The largest absolute Gasteiger partial charge is 0.352 e. The van der Waals surface area contributed by atoms with Gasteiger partial charge in [-0.25, -0.2) is 0 Å². The van der Waals surface area contributed by atoms with Gasteiger partial charge in [0.05, 0.1) is 5.39 Å². The Bertz CT molecular complexity index is 431. The summed E-state index contributed by atoms with van der Waals surface area (Å²) < 4.78 is 4.80. The first-order valence-corrected chi connectivity index (χ1v) is 3.62. The summed E-state index contributed by atoms with van der Waals surface area (Å²) in [5.41, 5.74) is 1.82. The average molecular weight is 161 g/mol. The number of benzene rings is 1. The second-order valence-electron chi connectivity index (χ2n) is 2.69. The topological polar surface area (TPSA) is 43.1 Å². The summed E-state index contributed by atoms with van der Waals surface area (Å²) >= 11 is 0. The average Bonchev–Trinajstić information content (AvgIpc) is 2.46. The predicted molar refractivity (Wildman–Crippen MR) is 44.1 cm³/mol. The Kier molecular flexibility index (Phi) is 1.43. The van der Waals surface area contributed by atoms with Crippen molar-refractivity contribution in [1.82, 2.24) is 5.16 Å². The Morgan fingerprint density at radius 3 is 3.08 bits per heavy atom. The second-order valence-corrected chi connectivity index (χ2v) is 2.69. The molecule has 0 aliphatic heterocycles. The standard InChI is InChI=1S/C9H7NO2/c1-6-2-3-8-7(4-6)9(5-11)12-10-8/h2-5H,1H3. The van der Waals surface area contributed by atoms with E-state index >= 15 is 0 Å². The summed E-state index contributed by atoms with van der Waals surface area (Å²) in [7, 11) is 0. The van der Waals surface area contributed by atoms with Gasteiger partial charge in [0.2, 0.25) is 5.76 Å². The van der Waals surface area contributed by atoms with Gasteiger partial charge in [-0.15, -0.1) is 0 Å². The molecule has 12 heavy (non-hydrogen) atoms. The monoisotopic (exact) mass is 161 g/mol. The highest BCUT2D eigenvalue weighted by atomic mass is 16.5. The van der Waals surface area contributed by atoms with Crippen molar-refractivity contribution in [2.45, 2.75) is 6.92 Å². The Labute approximate surface area is 69.0 Å². The van der Waals surface area contributed by atoms with E-state index in [1.807, 2.05) is 25.1 Å². The van der Waals surface area contributed by atoms with Crippen LogP contribution in [0, 0.1) is 6.92 Å². The number of hydrogen-bond acceptors (Lipinski definition) is 3. The Balaban J connectivity index is 2.83. The fourth-order valence-electron chi connectivity index (χ4n) is 1.16. The summed E-state index contributed by atoms with van der Waals surface area (Å²) in [6.45, 7) is 1.96. The summed E-state index contributed by atoms with van der Waals surface area (Å²) in [4.78, 5) is 10.5. The lowest BCUT2D eigenvalue weighted by molar-refractivity contribution is 0.109. The van der Waals surface area contributed by atoms with Gasteiger partial charge < -0.3 is 4.52 Å². The van der Waals surface area contributed by atoms with Gasteiger partial charge in [0.25, 0.3) is 0 Å². The Morgan fingerprint density at radius 1 is 1.50 bits per heavy atom. The molecule has 0 N–H and O–H groups in total. The van der Waals surface area contributed by atoms with Gasteiger partial charge in [-0.3, -0.25) is 4.79 Å². The molecule has 2 rings (SSSR count). The molecule has 0 spiro atoms. The zero-order valence-corrected chi connectivity index (χ0v) is 6.57. The van der Waals surface area contributed by atoms with E-state index in [9.17, 15) is 4.79 Å². The molecule has 0 aliphatic carbocycles. The van der Waals surface area contributed by atoms with E-state index in [-0.39, 0.29) is 0 Å². The van der Waals surface area contributed by atoms with Crippen molar-refractivity contribution in [3.8, 4) is 0 Å². The molecule has 0 saturated carbocycles. The number of nitrogens with zero attached hydrogens (tertiary/aromatic N) is 1. The maximum atomic E-state index is 10.5. The number of fused-ring (bicyclic) bond motifs is 1. The third-order valence-electron chi connectivity index (χ3n) is 1.77. The minimum atomic E-state index is 0.300. The highest BCUT2D eigenvalue weighted by Gasteiger charge is 2.05. The summed E-state index contributed by atoms with van der Waals surface area (Å²) in [5, 5.41) is 4.51. The lowest BCUT2D eigenvalue weighted by Crippen LogP contribution is -1.75. The normalized spacial score (nSPS) is 10.4. The molecule has 0 radical (unpaired) electrons. The van der Waals surface area contributed by atoms with Crippen molar-refractivity contribution >= 4 is 17.2 Å². The van der Waals surface area contributed by atoms with E-state index < -0.39 is 0 Å². The number of carbonyl (C=O) groups excluding carboxylic acids is 1. The molecule has 1 aromatic heterocycles. The molecule has 3 heteroatoms. The molecule has 0 bridgehead atoms. The maximum Gasteiger partial charge on any atom is 0.207 e. The minimum Gasteiger partial charge on any atom is -0.352 e. The number of aryl methyl sites for hydroxylation is 1. The number of aldehydes is 1. The van der Waals surface area contributed by atoms with Gasteiger partial charge in [0.15, 0.2) is 6.29 Å². The summed E-state index contributed by atoms with van der Waals surface area (Å²) in [6, 6.07) is 5.65. The van der Waals surface area contributed by atoms with Gasteiger partial charge in [-0.05, 0) is 19.1 Å². The molecular weight excluding hydrogens is 154 g/mol. The van der Waals surface area contributed by atoms with E-state index in [0.29, 0.717) is 12.0 Å². The summed E-state index contributed by atoms with van der Waals surface area (Å²) in [6.07, 6.45) is 0.675. The fourth-order valence-corrected chi connectivity index (χ4v) is 1.16. The number of aromatic nitrogens is 1. The van der Waals surface area contributed by atoms with E-state index in [1.165, 1.54) is 0 Å². The van der Waals surface area contributed by atoms with Crippen LogP contribution in [0.1, 0.15) is 16.1 Å². The van der Waals surface area contributed by atoms with Crippen LogP contribution < -0.4 is 0 Å². The molecular formula is C9H7NO2. The van der Waals surface area contributed by atoms with Crippen molar-refractivity contribution in [3.63, 3.8) is 0 Å². The highest BCUT2D eigenvalue weighted by Crippen LogP contribution is 2.17. The third kappa shape index (κ3) is 0.906. The van der Waals surface area contributed by atoms with Crippen molar-refractivity contribution in [1.29, 1.82) is 0 Å². The highest BCUT2D eigenvalue weighted by molar-refractivity contribution is 5.93. The first kappa shape index (κ1) is 7.03. The smallest absolute Gasteiger partial charge is 0.207 e. The lowest BCUT2D eigenvalue weighted by atomic mass is 10.1. The van der Waals surface area contributed by atoms with Crippen LogP contribution in [0.25, 0.3) is 10.9 Å². The fraction of sp³-hybridized carbons (Fsp3) is 0.111. The van der Waals surface area contributed by atoms with Gasteiger partial charge in [-0.2, -0.15) is 0 Å². The molecule has 0 fully saturated rings. The van der Waals surface area contributed by atoms with Crippen LogP contribution in [-0.2, 0) is 0 Å². The molecule has 0 amide bonds. The minimum absolute atomic E-state index is 0.300. The number of rotatable bonds is 1. The first-order chi connectivity index (χ1) is 5.81. The maximum absolute atomic E-state index is 10.5. The molecule has 1 aromatic carbocycles. The van der Waals surface area contributed by atoms with Gasteiger partial charge >= 0.3 is 0 Å². The second kappa shape index (κ2) is 2.44. The van der Waals surface area contributed by atoms with Crippen molar-refractivity contribution in [2.24, 2.45) is 0 Å². The Hall–Kier alpha value is -1.64. The molecule has 0 unspecified atom stereocenters. The lowest BCUT2D eigenvalue weighted by Gasteiger charge is -1.89. The van der Waals surface area contributed by atoms with E-state index in [1.54, 1.807) is 0 Å². The van der Waals surface area contributed by atoms with Crippen molar-refractivity contribution in [2.75, 3.05) is 0 Å². The number of hydrogen-bond donors (Lipinski definition) is 0. The number of carbonyl (C=O) groups is 1. The molecule has 60 valence electrons. The van der Waals surface area contributed by atoms with E-state index in [4.69, 9.17) is 4.52 Å². The van der Waals surface area contributed by atoms with Crippen LogP contribution in [0.4, 0.5) is 0 Å².